The van der Waals surface area contributed by atoms with Gasteiger partial charge in [0, 0.05) is 12.5 Å². The highest BCUT2D eigenvalue weighted by Gasteiger charge is 2.21. The highest BCUT2D eigenvalue weighted by atomic mass is 16.5. The van der Waals surface area contributed by atoms with Crippen LogP contribution in [-0.4, -0.2) is 19.0 Å². The van der Waals surface area contributed by atoms with Gasteiger partial charge in [0.2, 0.25) is 5.78 Å². The Morgan fingerprint density at radius 3 is 3.20 bits per heavy atom. The van der Waals surface area contributed by atoms with Crippen molar-refractivity contribution >= 4 is 5.78 Å². The third kappa shape index (κ3) is 1.94. The summed E-state index contributed by atoms with van der Waals surface area (Å²) in [7, 11) is 0. The SMILES string of the molecule is C#CCCOc1ccc2c(c1)OCC2=O. The maximum atomic E-state index is 11.2. The standard InChI is InChI=1S/C12H10O3/c1-2-3-6-14-9-4-5-10-11(13)8-15-12(10)7-9/h1,4-5,7H,3,6,8H2. The van der Waals surface area contributed by atoms with Gasteiger partial charge in [-0.05, 0) is 12.1 Å². The minimum atomic E-state index is 0.0141. The van der Waals surface area contributed by atoms with Gasteiger partial charge < -0.3 is 9.47 Å². The summed E-state index contributed by atoms with van der Waals surface area (Å²) in [5.41, 5.74) is 0.624. The van der Waals surface area contributed by atoms with Crippen LogP contribution in [0.1, 0.15) is 16.8 Å². The van der Waals surface area contributed by atoms with Crippen LogP contribution in [0.2, 0.25) is 0 Å². The second kappa shape index (κ2) is 4.05. The maximum absolute atomic E-state index is 11.2. The summed E-state index contributed by atoms with van der Waals surface area (Å²) < 4.78 is 10.6. The minimum absolute atomic E-state index is 0.0141. The number of benzene rings is 1. The molecule has 1 aromatic carbocycles. The molecule has 0 saturated heterocycles. The average Bonchev–Trinajstić information content (AvgIpc) is 2.61. The third-order valence-corrected chi connectivity index (χ3v) is 2.13. The van der Waals surface area contributed by atoms with Gasteiger partial charge in [-0.2, -0.15) is 0 Å². The van der Waals surface area contributed by atoms with Crippen molar-refractivity contribution in [1.29, 1.82) is 0 Å². The van der Waals surface area contributed by atoms with Crippen molar-refractivity contribution in [1.82, 2.24) is 0 Å². The second-order valence-corrected chi connectivity index (χ2v) is 3.17. The van der Waals surface area contributed by atoms with E-state index in [1.165, 1.54) is 0 Å². The van der Waals surface area contributed by atoms with E-state index in [2.05, 4.69) is 5.92 Å². The Balaban J connectivity index is 2.10. The Morgan fingerprint density at radius 2 is 2.40 bits per heavy atom. The van der Waals surface area contributed by atoms with Gasteiger partial charge in [0.05, 0.1) is 12.2 Å². The van der Waals surface area contributed by atoms with E-state index in [1.54, 1.807) is 18.2 Å². The normalized spacial score (nSPS) is 12.9. The van der Waals surface area contributed by atoms with Crippen LogP contribution < -0.4 is 9.47 Å². The molecule has 0 aliphatic carbocycles. The summed E-state index contributed by atoms with van der Waals surface area (Å²) in [6.45, 7) is 0.604. The Labute approximate surface area is 88.0 Å². The summed E-state index contributed by atoms with van der Waals surface area (Å²) in [4.78, 5) is 11.2. The Kier molecular flexibility index (Phi) is 2.59. The van der Waals surface area contributed by atoms with E-state index in [0.29, 0.717) is 30.1 Å². The molecule has 1 aliphatic rings. The maximum Gasteiger partial charge on any atom is 0.203 e. The number of fused-ring (bicyclic) bond motifs is 1. The molecule has 0 saturated carbocycles. The molecule has 1 aliphatic heterocycles. The molecule has 15 heavy (non-hydrogen) atoms. The number of terminal acetylenes is 1. The number of ether oxygens (including phenoxy) is 2. The molecule has 0 bridgehead atoms. The molecule has 0 fully saturated rings. The lowest BCUT2D eigenvalue weighted by Crippen LogP contribution is -1.98. The van der Waals surface area contributed by atoms with E-state index in [4.69, 9.17) is 15.9 Å². The second-order valence-electron chi connectivity index (χ2n) is 3.17. The summed E-state index contributed by atoms with van der Waals surface area (Å²) in [5.74, 6) is 3.78. The lowest BCUT2D eigenvalue weighted by atomic mass is 10.1. The van der Waals surface area contributed by atoms with Gasteiger partial charge in [0.25, 0.3) is 0 Å². The minimum Gasteiger partial charge on any atom is -0.492 e. The van der Waals surface area contributed by atoms with Crippen LogP contribution in [0.15, 0.2) is 18.2 Å². The van der Waals surface area contributed by atoms with E-state index >= 15 is 0 Å². The molecule has 0 spiro atoms. The number of hydrogen-bond acceptors (Lipinski definition) is 3. The summed E-state index contributed by atoms with van der Waals surface area (Å²) in [5, 5.41) is 0. The van der Waals surface area contributed by atoms with Crippen molar-refractivity contribution in [3.05, 3.63) is 23.8 Å². The lowest BCUT2D eigenvalue weighted by Gasteiger charge is -2.05. The van der Waals surface area contributed by atoms with Gasteiger partial charge in [0.1, 0.15) is 11.5 Å². The molecular weight excluding hydrogens is 192 g/mol. The first-order valence-electron chi connectivity index (χ1n) is 4.67. The molecule has 0 radical (unpaired) electrons. The van der Waals surface area contributed by atoms with E-state index < -0.39 is 0 Å². The molecule has 0 N–H and O–H groups in total. The molecule has 3 nitrogen and oxygen atoms in total. The number of Topliss-reactive ketones (excluding diaryl/α,β-unsaturated/α-hetero) is 1. The summed E-state index contributed by atoms with van der Waals surface area (Å²) in [6.07, 6.45) is 5.67. The lowest BCUT2D eigenvalue weighted by molar-refractivity contribution is 0.0961. The zero-order valence-corrected chi connectivity index (χ0v) is 8.16. The molecule has 1 aromatic rings. The summed E-state index contributed by atoms with van der Waals surface area (Å²) in [6, 6.07) is 5.19. The fourth-order valence-electron chi connectivity index (χ4n) is 1.39. The molecule has 2 rings (SSSR count). The van der Waals surface area contributed by atoms with Crippen molar-refractivity contribution in [2.75, 3.05) is 13.2 Å². The first-order chi connectivity index (χ1) is 7.31. The van der Waals surface area contributed by atoms with Gasteiger partial charge in [0.15, 0.2) is 6.61 Å². The predicted octanol–water partition coefficient (Wildman–Crippen LogP) is 1.66. The number of carbonyl (C=O) groups is 1. The molecular formula is C12H10O3. The molecule has 3 heteroatoms. The zero-order chi connectivity index (χ0) is 10.7. The van der Waals surface area contributed by atoms with E-state index in [1.807, 2.05) is 0 Å². The van der Waals surface area contributed by atoms with Gasteiger partial charge in [-0.3, -0.25) is 4.79 Å². The van der Waals surface area contributed by atoms with Crippen molar-refractivity contribution < 1.29 is 14.3 Å². The van der Waals surface area contributed by atoms with Crippen molar-refractivity contribution in [2.45, 2.75) is 6.42 Å². The zero-order valence-electron chi connectivity index (χ0n) is 8.16. The quantitative estimate of drug-likeness (QED) is 0.552. The first kappa shape index (κ1) is 9.60. The van der Waals surface area contributed by atoms with Gasteiger partial charge in [-0.25, -0.2) is 0 Å². The smallest absolute Gasteiger partial charge is 0.203 e. The van der Waals surface area contributed by atoms with Crippen LogP contribution in [0, 0.1) is 12.3 Å². The van der Waals surface area contributed by atoms with Crippen LogP contribution in [0.3, 0.4) is 0 Å². The van der Waals surface area contributed by atoms with Crippen molar-refractivity contribution in [2.24, 2.45) is 0 Å². The van der Waals surface area contributed by atoms with Gasteiger partial charge in [-0.1, -0.05) is 0 Å². The number of hydrogen-bond donors (Lipinski definition) is 0. The van der Waals surface area contributed by atoms with Crippen LogP contribution in [0.25, 0.3) is 0 Å². The Hall–Kier alpha value is -1.95. The van der Waals surface area contributed by atoms with E-state index in [-0.39, 0.29) is 12.4 Å². The van der Waals surface area contributed by atoms with Crippen molar-refractivity contribution in [3.8, 4) is 23.8 Å². The molecule has 76 valence electrons. The van der Waals surface area contributed by atoms with Crippen LogP contribution in [0.4, 0.5) is 0 Å². The van der Waals surface area contributed by atoms with Crippen LogP contribution >= 0.6 is 0 Å². The first-order valence-corrected chi connectivity index (χ1v) is 4.67. The average molecular weight is 202 g/mol. The van der Waals surface area contributed by atoms with Gasteiger partial charge in [-0.15, -0.1) is 12.3 Å². The number of rotatable bonds is 3. The topological polar surface area (TPSA) is 35.5 Å². The predicted molar refractivity (Wildman–Crippen MR) is 55.2 cm³/mol. The molecule has 0 aromatic heterocycles. The number of ketones is 1. The Bertz CT molecular complexity index is 429. The molecule has 0 amide bonds. The highest BCUT2D eigenvalue weighted by molar-refractivity contribution is 6.02. The molecule has 0 unspecified atom stereocenters. The third-order valence-electron chi connectivity index (χ3n) is 2.13. The van der Waals surface area contributed by atoms with Crippen molar-refractivity contribution in [3.63, 3.8) is 0 Å². The van der Waals surface area contributed by atoms with E-state index in [0.717, 1.165) is 0 Å². The summed E-state index contributed by atoms with van der Waals surface area (Å²) >= 11 is 0. The fourth-order valence-corrected chi connectivity index (χ4v) is 1.39. The van der Waals surface area contributed by atoms with Gasteiger partial charge >= 0.3 is 0 Å². The fraction of sp³-hybridized carbons (Fsp3) is 0.250. The molecule has 0 atom stereocenters. The van der Waals surface area contributed by atoms with E-state index in [9.17, 15) is 4.79 Å². The van der Waals surface area contributed by atoms with Crippen LogP contribution in [0.5, 0.6) is 11.5 Å². The number of carbonyl (C=O) groups excluding carboxylic acids is 1. The van der Waals surface area contributed by atoms with Crippen LogP contribution in [-0.2, 0) is 0 Å². The Morgan fingerprint density at radius 1 is 1.53 bits per heavy atom. The monoisotopic (exact) mass is 202 g/mol. The highest BCUT2D eigenvalue weighted by Crippen LogP contribution is 2.29. The molecule has 1 heterocycles. The largest absolute Gasteiger partial charge is 0.492 e.